The van der Waals surface area contributed by atoms with E-state index in [1.165, 1.54) is 5.56 Å². The van der Waals surface area contributed by atoms with Crippen LogP contribution in [0, 0.1) is 0 Å². The highest BCUT2D eigenvalue weighted by atomic mass is 35.6. The molecule has 0 aromatic heterocycles. The Morgan fingerprint density at radius 3 is 2.64 bits per heavy atom. The van der Waals surface area contributed by atoms with Gasteiger partial charge in [-0.25, -0.2) is 10.0 Å². The highest BCUT2D eigenvalue weighted by molar-refractivity contribution is 6.89. The van der Waals surface area contributed by atoms with Crippen molar-refractivity contribution in [1.29, 1.82) is 0 Å². The molecule has 0 saturated heterocycles. The van der Waals surface area contributed by atoms with Crippen LogP contribution in [0.15, 0.2) is 30.3 Å². The van der Waals surface area contributed by atoms with Crippen molar-refractivity contribution >= 4 is 24.7 Å². The van der Waals surface area contributed by atoms with Crippen molar-refractivity contribution in [2.24, 2.45) is 0 Å². The van der Waals surface area contributed by atoms with Crippen LogP contribution in [0.2, 0.25) is 0 Å². The van der Waals surface area contributed by atoms with E-state index >= 15 is 0 Å². The molecule has 0 radical (unpaired) electrons. The Hall–Kier alpha value is 0.00247. The lowest BCUT2D eigenvalue weighted by atomic mass is 10.2. The van der Waals surface area contributed by atoms with Gasteiger partial charge in [0.15, 0.2) is 0 Å². The summed E-state index contributed by atoms with van der Waals surface area (Å²) in [6.45, 7) is 0.764. The molecule has 0 atom stereocenters. The van der Waals surface area contributed by atoms with E-state index in [0.717, 1.165) is 13.0 Å². The summed E-state index contributed by atoms with van der Waals surface area (Å²) in [5.41, 5.74) is 1.31. The third-order valence-corrected chi connectivity index (χ3v) is 2.36. The Morgan fingerprint density at radius 1 is 1.27 bits per heavy atom. The van der Waals surface area contributed by atoms with Crippen LogP contribution in [0.4, 0.5) is 0 Å². The lowest BCUT2D eigenvalue weighted by molar-refractivity contribution is 0.350. The molecule has 0 aliphatic rings. The number of rotatable bonds is 4. The summed E-state index contributed by atoms with van der Waals surface area (Å²) in [4.78, 5) is 0. The van der Waals surface area contributed by atoms with Crippen LogP contribution in [-0.2, 0) is 10.2 Å². The second kappa shape index (κ2) is 5.63. The monoisotopic (exact) mass is 184 g/mol. The summed E-state index contributed by atoms with van der Waals surface area (Å²) in [6.07, 6.45) is 0.973. The molecule has 1 nitrogen and oxygen atoms in total. The molecule has 0 aliphatic heterocycles. The van der Waals surface area contributed by atoms with Crippen molar-refractivity contribution in [2.75, 3.05) is 6.61 Å². The van der Waals surface area contributed by atoms with Gasteiger partial charge in [0.05, 0.1) is 0 Å². The van der Waals surface area contributed by atoms with Gasteiger partial charge < -0.3 is 3.79 Å². The minimum Gasteiger partial charge on any atom is -0.491 e. The van der Waals surface area contributed by atoms with Crippen LogP contribution in [0.25, 0.3) is 0 Å². The van der Waals surface area contributed by atoms with E-state index in [0.29, 0.717) is 0 Å². The van der Waals surface area contributed by atoms with Crippen LogP contribution < -0.4 is 0 Å². The summed E-state index contributed by atoms with van der Waals surface area (Å²) >= 11 is -0.730. The average Bonchev–Trinajstić information content (AvgIpc) is 2.07. The smallest absolute Gasteiger partial charge is 0.491 e. The summed E-state index contributed by atoms with van der Waals surface area (Å²) in [6, 6.07) is 10.3. The fourth-order valence-corrected chi connectivity index (χ4v) is 1.47. The van der Waals surface area contributed by atoms with Crippen LogP contribution >= 0.6 is 10.0 Å². The largest absolute Gasteiger partial charge is 0.566 e. The maximum Gasteiger partial charge on any atom is 0.566 e. The predicted octanol–water partition coefficient (Wildman–Crippen LogP) is 1.75. The van der Waals surface area contributed by atoms with Gasteiger partial charge in [0.1, 0.15) is 0 Å². The minimum absolute atomic E-state index is 0.730. The zero-order valence-electron chi connectivity index (χ0n) is 6.29. The normalized spacial score (nSPS) is 9.55. The first-order valence-corrected chi connectivity index (χ1v) is 6.32. The Kier molecular flexibility index (Phi) is 4.65. The second-order valence-corrected chi connectivity index (χ2v) is 3.53. The molecule has 1 aromatic rings. The van der Waals surface area contributed by atoms with Gasteiger partial charge in [-0.1, -0.05) is 30.3 Å². The highest BCUT2D eigenvalue weighted by Gasteiger charge is 1.91. The minimum atomic E-state index is -0.730. The van der Waals surface area contributed by atoms with Crippen LogP contribution in [-0.4, -0.2) is 21.2 Å². The molecule has 1 aromatic carbocycles. The first-order chi connectivity index (χ1) is 5.43. The number of benzene rings is 1. The van der Waals surface area contributed by atoms with E-state index in [1.54, 1.807) is 0 Å². The van der Waals surface area contributed by atoms with Gasteiger partial charge in [0.25, 0.3) is 0 Å². The molecule has 0 saturated carbocycles. The summed E-state index contributed by atoms with van der Waals surface area (Å²) in [5.74, 6) is 0. The molecule has 0 unspecified atom stereocenters. The van der Waals surface area contributed by atoms with Gasteiger partial charge in [-0.15, -0.1) is 0 Å². The first-order valence-electron chi connectivity index (χ1n) is 3.61. The average molecular weight is 185 g/mol. The van der Waals surface area contributed by atoms with E-state index in [4.69, 9.17) is 13.8 Å². The topological polar surface area (TPSA) is 9.23 Å². The number of halogens is 1. The van der Waals surface area contributed by atoms with Gasteiger partial charge in [0, 0.05) is 6.61 Å². The van der Waals surface area contributed by atoms with Crippen LogP contribution in [0.5, 0.6) is 0 Å². The fraction of sp³-hybridized carbons (Fsp3) is 0.250. The molecule has 0 bridgehead atoms. The summed E-state index contributed by atoms with van der Waals surface area (Å²) < 4.78 is 5.14. The Labute approximate surface area is 77.6 Å². The van der Waals surface area contributed by atoms with Gasteiger partial charge in [-0.05, 0) is 12.0 Å². The maximum atomic E-state index is 5.48. The quantitative estimate of drug-likeness (QED) is 0.512. The second-order valence-electron chi connectivity index (χ2n) is 2.25. The number of hydrogen-bond acceptors (Lipinski definition) is 1. The lowest BCUT2D eigenvalue weighted by Gasteiger charge is -1.99. The first kappa shape index (κ1) is 9.09. The molecule has 3 heteroatoms. The van der Waals surface area contributed by atoms with E-state index in [2.05, 4.69) is 12.1 Å². The molecule has 0 N–H and O–H groups in total. The van der Waals surface area contributed by atoms with Crippen molar-refractivity contribution in [3.8, 4) is 0 Å². The standard InChI is InChI=1S/C8H9O.Al.ClH.H/c9-7-6-8-4-2-1-3-5-8;;;/h1-5H,6-7H2;;1H;/q-1;+2;;/p-1. The van der Waals surface area contributed by atoms with Gasteiger partial charge in [-0.2, -0.15) is 0 Å². The molecule has 0 spiro atoms. The van der Waals surface area contributed by atoms with Crippen molar-refractivity contribution in [1.82, 2.24) is 0 Å². The van der Waals surface area contributed by atoms with Gasteiger partial charge in [0.2, 0.25) is 0 Å². The Morgan fingerprint density at radius 2 is 2.00 bits per heavy atom. The molecule has 0 aliphatic carbocycles. The Bertz CT molecular complexity index is 191. The van der Waals surface area contributed by atoms with Crippen LogP contribution in [0.1, 0.15) is 5.56 Å². The number of hydrogen-bond donors (Lipinski definition) is 0. The SMILES string of the molecule is [Cl][AlH][O]CCc1ccccc1. The van der Waals surface area contributed by atoms with Crippen molar-refractivity contribution in [3.05, 3.63) is 35.9 Å². The maximum absolute atomic E-state index is 5.48. The Balaban J connectivity index is 2.28. The zero-order chi connectivity index (χ0) is 7.94. The molecule has 0 fully saturated rings. The highest BCUT2D eigenvalue weighted by Crippen LogP contribution is 1.98. The predicted molar refractivity (Wildman–Crippen MR) is 49.1 cm³/mol. The van der Waals surface area contributed by atoms with Crippen molar-refractivity contribution in [2.45, 2.75) is 6.42 Å². The van der Waals surface area contributed by atoms with E-state index in [9.17, 15) is 0 Å². The van der Waals surface area contributed by atoms with Crippen molar-refractivity contribution in [3.63, 3.8) is 0 Å². The molecule has 0 heterocycles. The van der Waals surface area contributed by atoms with E-state index in [1.807, 2.05) is 18.2 Å². The molecule has 1 rings (SSSR count). The lowest BCUT2D eigenvalue weighted by Crippen LogP contribution is -1.98. The third kappa shape index (κ3) is 3.79. The molecular formula is C8H10AlClO. The van der Waals surface area contributed by atoms with E-state index < -0.39 is 14.6 Å². The summed E-state index contributed by atoms with van der Waals surface area (Å²) in [7, 11) is 5.48. The molecular weight excluding hydrogens is 175 g/mol. The molecule has 0 amide bonds. The van der Waals surface area contributed by atoms with Crippen molar-refractivity contribution < 1.29 is 3.79 Å². The summed E-state index contributed by atoms with van der Waals surface area (Å²) in [5, 5.41) is 0. The zero-order valence-corrected chi connectivity index (χ0v) is 8.46. The van der Waals surface area contributed by atoms with Crippen LogP contribution in [0.3, 0.4) is 0 Å². The third-order valence-electron chi connectivity index (χ3n) is 1.46. The van der Waals surface area contributed by atoms with E-state index in [-0.39, 0.29) is 0 Å². The molecule has 11 heavy (non-hydrogen) atoms. The van der Waals surface area contributed by atoms with Gasteiger partial charge >= 0.3 is 14.6 Å². The molecule has 58 valence electrons. The van der Waals surface area contributed by atoms with Gasteiger partial charge in [-0.3, -0.25) is 0 Å². The fourth-order valence-electron chi connectivity index (χ4n) is 0.889.